The molecule has 4 nitrogen and oxygen atoms in total. The molecule has 5 heteroatoms. The predicted molar refractivity (Wildman–Crippen MR) is 69.3 cm³/mol. The van der Waals surface area contributed by atoms with E-state index in [1.165, 1.54) is 6.07 Å². The summed E-state index contributed by atoms with van der Waals surface area (Å²) in [7, 11) is 0. The number of aromatic nitrogens is 2. The van der Waals surface area contributed by atoms with Crippen LogP contribution in [0.4, 0.5) is 4.39 Å². The van der Waals surface area contributed by atoms with Crippen molar-refractivity contribution in [2.75, 3.05) is 19.7 Å². The maximum Gasteiger partial charge on any atom is 0.123 e. The largest absolute Gasteiger partial charge is 0.369 e. The second-order valence-electron chi connectivity index (χ2n) is 4.64. The first-order chi connectivity index (χ1) is 9.33. The molecular weight excluding hydrogens is 245 g/mol. The highest BCUT2D eigenvalue weighted by Crippen LogP contribution is 2.19. The summed E-state index contributed by atoms with van der Waals surface area (Å²) < 4.78 is 20.9. The van der Waals surface area contributed by atoms with Gasteiger partial charge in [0, 0.05) is 19.6 Å². The molecule has 1 N–H and O–H groups in total. The maximum absolute atomic E-state index is 13.2. The van der Waals surface area contributed by atoms with E-state index in [2.05, 4.69) is 10.3 Å². The fourth-order valence-electron chi connectivity index (χ4n) is 2.32. The minimum atomic E-state index is -0.213. The van der Waals surface area contributed by atoms with Gasteiger partial charge in [-0.05, 0) is 17.7 Å². The molecule has 2 aromatic rings. The van der Waals surface area contributed by atoms with Gasteiger partial charge >= 0.3 is 0 Å². The summed E-state index contributed by atoms with van der Waals surface area (Å²) in [5.74, 6) is -0.213. The molecule has 0 bridgehead atoms. The van der Waals surface area contributed by atoms with Crippen molar-refractivity contribution in [1.29, 1.82) is 0 Å². The van der Waals surface area contributed by atoms with Gasteiger partial charge in [-0.15, -0.1) is 0 Å². The Morgan fingerprint density at radius 2 is 2.42 bits per heavy atom. The number of hydrogen-bond acceptors (Lipinski definition) is 3. The smallest absolute Gasteiger partial charge is 0.123 e. The van der Waals surface area contributed by atoms with Crippen molar-refractivity contribution < 1.29 is 9.13 Å². The van der Waals surface area contributed by atoms with E-state index in [0.717, 1.165) is 24.3 Å². The zero-order valence-electron chi connectivity index (χ0n) is 10.6. The maximum atomic E-state index is 13.2. The molecular formula is C14H16FN3O. The Labute approximate surface area is 111 Å². The second-order valence-corrected chi connectivity index (χ2v) is 4.64. The molecule has 1 aromatic carbocycles. The van der Waals surface area contributed by atoms with Crippen LogP contribution in [0.3, 0.4) is 0 Å². The van der Waals surface area contributed by atoms with Gasteiger partial charge in [0.05, 0.1) is 24.8 Å². The molecule has 1 aliphatic heterocycles. The van der Waals surface area contributed by atoms with Crippen LogP contribution < -0.4 is 5.32 Å². The van der Waals surface area contributed by atoms with Crippen molar-refractivity contribution in [2.24, 2.45) is 0 Å². The first-order valence-electron chi connectivity index (χ1n) is 6.40. The lowest BCUT2D eigenvalue weighted by atomic mass is 10.2. The van der Waals surface area contributed by atoms with Crippen LogP contribution in [0.15, 0.2) is 36.8 Å². The SMILES string of the molecule is Fc1cccc(Cn2cncc2C2CNCCO2)c1. The number of rotatable bonds is 3. The van der Waals surface area contributed by atoms with E-state index < -0.39 is 0 Å². The summed E-state index contributed by atoms with van der Waals surface area (Å²) in [5.41, 5.74) is 1.94. The predicted octanol–water partition coefficient (Wildman–Crippen LogP) is 1.73. The van der Waals surface area contributed by atoms with Gasteiger partial charge in [-0.25, -0.2) is 9.37 Å². The van der Waals surface area contributed by atoms with E-state index in [4.69, 9.17) is 4.74 Å². The number of benzene rings is 1. The third-order valence-corrected chi connectivity index (χ3v) is 3.24. The summed E-state index contributed by atoms with van der Waals surface area (Å²) in [4.78, 5) is 4.18. The van der Waals surface area contributed by atoms with Crippen molar-refractivity contribution in [3.05, 3.63) is 53.9 Å². The van der Waals surface area contributed by atoms with E-state index in [1.807, 2.05) is 16.8 Å². The van der Waals surface area contributed by atoms with Crippen molar-refractivity contribution in [1.82, 2.24) is 14.9 Å². The fraction of sp³-hybridized carbons (Fsp3) is 0.357. The lowest BCUT2D eigenvalue weighted by molar-refractivity contribution is 0.0230. The van der Waals surface area contributed by atoms with Crippen LogP contribution in [0, 0.1) is 5.82 Å². The summed E-state index contributed by atoms with van der Waals surface area (Å²) in [5, 5.41) is 3.30. The third kappa shape index (κ3) is 2.83. The van der Waals surface area contributed by atoms with Crippen molar-refractivity contribution in [3.63, 3.8) is 0 Å². The molecule has 1 saturated heterocycles. The molecule has 1 aromatic heterocycles. The summed E-state index contributed by atoms with van der Waals surface area (Å²) in [6.45, 7) is 2.98. The molecule has 100 valence electrons. The van der Waals surface area contributed by atoms with E-state index in [9.17, 15) is 4.39 Å². The summed E-state index contributed by atoms with van der Waals surface area (Å²) in [6, 6.07) is 6.63. The average molecular weight is 261 g/mol. The van der Waals surface area contributed by atoms with Gasteiger partial charge in [-0.1, -0.05) is 12.1 Å². The van der Waals surface area contributed by atoms with Gasteiger partial charge in [0.15, 0.2) is 0 Å². The number of hydrogen-bond donors (Lipinski definition) is 1. The van der Waals surface area contributed by atoms with Gasteiger partial charge in [-0.2, -0.15) is 0 Å². The zero-order valence-corrected chi connectivity index (χ0v) is 10.6. The zero-order chi connectivity index (χ0) is 13.1. The molecule has 0 radical (unpaired) electrons. The Morgan fingerprint density at radius 3 is 3.21 bits per heavy atom. The number of imidazole rings is 1. The molecule has 1 atom stereocenters. The molecule has 19 heavy (non-hydrogen) atoms. The van der Waals surface area contributed by atoms with E-state index in [0.29, 0.717) is 13.2 Å². The first kappa shape index (κ1) is 12.3. The number of halogens is 1. The van der Waals surface area contributed by atoms with Crippen LogP contribution in [0.2, 0.25) is 0 Å². The summed E-state index contributed by atoms with van der Waals surface area (Å²) in [6.07, 6.45) is 3.60. The molecule has 1 fully saturated rings. The lowest BCUT2D eigenvalue weighted by Crippen LogP contribution is -2.34. The number of ether oxygens (including phenoxy) is 1. The molecule has 1 aliphatic rings. The molecule has 2 heterocycles. The molecule has 0 saturated carbocycles. The highest BCUT2D eigenvalue weighted by atomic mass is 19.1. The van der Waals surface area contributed by atoms with Crippen LogP contribution >= 0.6 is 0 Å². The molecule has 0 amide bonds. The van der Waals surface area contributed by atoms with Crippen LogP contribution in [-0.2, 0) is 11.3 Å². The van der Waals surface area contributed by atoms with Crippen LogP contribution in [0.25, 0.3) is 0 Å². The number of nitrogens with zero attached hydrogens (tertiary/aromatic N) is 2. The standard InChI is InChI=1S/C14H16FN3O/c15-12-3-1-2-11(6-12)9-18-10-17-7-13(18)14-8-16-4-5-19-14/h1-3,6-7,10,14,16H,4-5,8-9H2. The Bertz CT molecular complexity index is 549. The number of morpholine rings is 1. The van der Waals surface area contributed by atoms with E-state index in [1.54, 1.807) is 18.5 Å². The topological polar surface area (TPSA) is 39.1 Å². The quantitative estimate of drug-likeness (QED) is 0.914. The highest BCUT2D eigenvalue weighted by molar-refractivity contribution is 5.18. The molecule has 1 unspecified atom stereocenters. The Morgan fingerprint density at radius 1 is 1.47 bits per heavy atom. The monoisotopic (exact) mass is 261 g/mol. The number of nitrogens with one attached hydrogen (secondary N) is 1. The average Bonchev–Trinajstić information content (AvgIpc) is 2.88. The van der Waals surface area contributed by atoms with Gasteiger partial charge < -0.3 is 14.6 Å². The molecule has 0 spiro atoms. The Kier molecular flexibility index (Phi) is 3.57. The Balaban J connectivity index is 1.80. The normalized spacial score (nSPS) is 19.5. The minimum Gasteiger partial charge on any atom is -0.369 e. The van der Waals surface area contributed by atoms with E-state index in [-0.39, 0.29) is 11.9 Å². The van der Waals surface area contributed by atoms with Crippen molar-refractivity contribution >= 4 is 0 Å². The van der Waals surface area contributed by atoms with Gasteiger partial charge in [0.1, 0.15) is 11.9 Å². The van der Waals surface area contributed by atoms with Crippen LogP contribution in [0.1, 0.15) is 17.4 Å². The summed E-state index contributed by atoms with van der Waals surface area (Å²) >= 11 is 0. The first-order valence-corrected chi connectivity index (χ1v) is 6.40. The highest BCUT2D eigenvalue weighted by Gasteiger charge is 2.19. The lowest BCUT2D eigenvalue weighted by Gasteiger charge is -2.24. The van der Waals surface area contributed by atoms with Gasteiger partial charge in [-0.3, -0.25) is 0 Å². The third-order valence-electron chi connectivity index (χ3n) is 3.24. The van der Waals surface area contributed by atoms with Gasteiger partial charge in [0.2, 0.25) is 0 Å². The Hall–Kier alpha value is -1.72. The molecule has 0 aliphatic carbocycles. The van der Waals surface area contributed by atoms with Crippen LogP contribution in [-0.4, -0.2) is 29.2 Å². The minimum absolute atomic E-state index is 0.0183. The second kappa shape index (κ2) is 5.50. The van der Waals surface area contributed by atoms with E-state index >= 15 is 0 Å². The van der Waals surface area contributed by atoms with Crippen molar-refractivity contribution in [3.8, 4) is 0 Å². The fourth-order valence-corrected chi connectivity index (χ4v) is 2.32. The van der Waals surface area contributed by atoms with Crippen LogP contribution in [0.5, 0.6) is 0 Å². The van der Waals surface area contributed by atoms with Crippen molar-refractivity contribution in [2.45, 2.75) is 12.6 Å². The van der Waals surface area contributed by atoms with Gasteiger partial charge in [0.25, 0.3) is 0 Å². The molecule has 3 rings (SSSR count).